The first-order valence-electron chi connectivity index (χ1n) is 7.06. The Morgan fingerprint density at radius 1 is 1.36 bits per heavy atom. The third kappa shape index (κ3) is 4.27. The van der Waals surface area contributed by atoms with E-state index >= 15 is 0 Å². The van der Waals surface area contributed by atoms with E-state index in [9.17, 15) is 9.59 Å². The molecular weight excluding hydrogens is 329 g/mol. The van der Waals surface area contributed by atoms with E-state index in [0.29, 0.717) is 54.8 Å². The van der Waals surface area contributed by atoms with E-state index in [2.05, 4.69) is 0 Å². The molecule has 1 aromatic rings. The SMILES string of the molecule is O=C(O)[C@@H]1CCN(C(=O)CCCOc2cccc(Cl)c2Cl)C1. The van der Waals surface area contributed by atoms with Gasteiger partial charge in [0.05, 0.1) is 17.5 Å². The van der Waals surface area contributed by atoms with Crippen LogP contribution in [0, 0.1) is 5.92 Å². The Hall–Kier alpha value is -1.46. The Bertz CT molecular complexity index is 564. The van der Waals surface area contributed by atoms with Gasteiger partial charge < -0.3 is 14.7 Å². The lowest BCUT2D eigenvalue weighted by Crippen LogP contribution is -2.30. The van der Waals surface area contributed by atoms with Gasteiger partial charge in [0.15, 0.2) is 0 Å². The van der Waals surface area contributed by atoms with Crippen LogP contribution in [0.1, 0.15) is 19.3 Å². The summed E-state index contributed by atoms with van der Waals surface area (Å²) in [5.74, 6) is -0.821. The van der Waals surface area contributed by atoms with Crippen molar-refractivity contribution in [3.63, 3.8) is 0 Å². The molecule has 1 heterocycles. The lowest BCUT2D eigenvalue weighted by Gasteiger charge is -2.16. The Morgan fingerprint density at radius 2 is 2.14 bits per heavy atom. The molecule has 0 saturated carbocycles. The topological polar surface area (TPSA) is 66.8 Å². The van der Waals surface area contributed by atoms with Crippen molar-refractivity contribution in [2.24, 2.45) is 5.92 Å². The lowest BCUT2D eigenvalue weighted by atomic mass is 10.1. The minimum Gasteiger partial charge on any atom is -0.492 e. The van der Waals surface area contributed by atoms with E-state index in [1.807, 2.05) is 0 Å². The number of carboxylic acid groups (broad SMARTS) is 1. The van der Waals surface area contributed by atoms with E-state index in [0.717, 1.165) is 0 Å². The fraction of sp³-hybridized carbons (Fsp3) is 0.467. The second-order valence-electron chi connectivity index (χ2n) is 5.17. The maximum absolute atomic E-state index is 12.0. The molecule has 0 unspecified atom stereocenters. The van der Waals surface area contributed by atoms with Crippen LogP contribution in [-0.4, -0.2) is 41.6 Å². The van der Waals surface area contributed by atoms with Crippen LogP contribution in [0.25, 0.3) is 0 Å². The highest BCUT2D eigenvalue weighted by atomic mass is 35.5. The molecule has 2 rings (SSSR count). The molecule has 0 spiro atoms. The zero-order chi connectivity index (χ0) is 16.1. The molecule has 0 radical (unpaired) electrons. The Balaban J connectivity index is 1.72. The van der Waals surface area contributed by atoms with Crippen LogP contribution in [0.3, 0.4) is 0 Å². The standard InChI is InChI=1S/C15H17Cl2NO4/c16-11-3-1-4-12(14(11)17)22-8-2-5-13(19)18-7-6-10(9-18)15(20)21/h1,3-4,10H,2,5-9H2,(H,20,21)/t10-/m1/s1. The van der Waals surface area contributed by atoms with Gasteiger partial charge in [-0.1, -0.05) is 29.3 Å². The molecule has 0 aromatic heterocycles. The van der Waals surface area contributed by atoms with E-state index in [4.69, 9.17) is 33.0 Å². The molecule has 1 N–H and O–H groups in total. The van der Waals surface area contributed by atoms with Crippen molar-refractivity contribution in [3.8, 4) is 5.75 Å². The predicted octanol–water partition coefficient (Wildman–Crippen LogP) is 3.09. The Morgan fingerprint density at radius 3 is 2.82 bits per heavy atom. The summed E-state index contributed by atoms with van der Waals surface area (Å²) in [7, 11) is 0. The van der Waals surface area contributed by atoms with Gasteiger partial charge in [0.2, 0.25) is 5.91 Å². The number of rotatable bonds is 6. The van der Waals surface area contributed by atoms with Crippen LogP contribution >= 0.6 is 23.2 Å². The van der Waals surface area contributed by atoms with Gasteiger partial charge in [0, 0.05) is 19.5 Å². The fourth-order valence-electron chi connectivity index (χ4n) is 2.35. The van der Waals surface area contributed by atoms with Crippen molar-refractivity contribution in [1.82, 2.24) is 4.90 Å². The Kier molecular flexibility index (Phi) is 5.91. The summed E-state index contributed by atoms with van der Waals surface area (Å²) < 4.78 is 5.51. The molecule has 0 bridgehead atoms. The van der Waals surface area contributed by atoms with Crippen molar-refractivity contribution in [2.75, 3.05) is 19.7 Å². The molecule has 5 nitrogen and oxygen atoms in total. The largest absolute Gasteiger partial charge is 0.492 e. The minimum absolute atomic E-state index is 0.0375. The number of hydrogen-bond donors (Lipinski definition) is 1. The molecule has 1 aromatic carbocycles. The Labute approximate surface area is 138 Å². The fourth-order valence-corrected chi connectivity index (χ4v) is 2.69. The maximum Gasteiger partial charge on any atom is 0.308 e. The second kappa shape index (κ2) is 7.70. The number of carbonyl (C=O) groups excluding carboxylic acids is 1. The van der Waals surface area contributed by atoms with Gasteiger partial charge in [0.25, 0.3) is 0 Å². The van der Waals surface area contributed by atoms with Crippen LogP contribution in [0.2, 0.25) is 10.0 Å². The van der Waals surface area contributed by atoms with E-state index in [-0.39, 0.29) is 5.91 Å². The van der Waals surface area contributed by atoms with Crippen molar-refractivity contribution in [2.45, 2.75) is 19.3 Å². The summed E-state index contributed by atoms with van der Waals surface area (Å²) in [5.41, 5.74) is 0. The van der Waals surface area contributed by atoms with Gasteiger partial charge in [-0.3, -0.25) is 9.59 Å². The van der Waals surface area contributed by atoms with Crippen LogP contribution in [0.4, 0.5) is 0 Å². The molecule has 1 aliphatic heterocycles. The van der Waals surface area contributed by atoms with Gasteiger partial charge in [-0.05, 0) is 25.0 Å². The van der Waals surface area contributed by atoms with Gasteiger partial charge in [0.1, 0.15) is 10.8 Å². The number of likely N-dealkylation sites (tertiary alicyclic amines) is 1. The second-order valence-corrected chi connectivity index (χ2v) is 5.95. The molecular formula is C15H17Cl2NO4. The molecule has 0 aliphatic carbocycles. The number of carboxylic acids is 1. The molecule has 1 aliphatic rings. The van der Waals surface area contributed by atoms with Gasteiger partial charge in [-0.2, -0.15) is 0 Å². The van der Waals surface area contributed by atoms with Crippen LogP contribution in [0.5, 0.6) is 5.75 Å². The van der Waals surface area contributed by atoms with Gasteiger partial charge in [-0.15, -0.1) is 0 Å². The van der Waals surface area contributed by atoms with Crippen LogP contribution in [0.15, 0.2) is 18.2 Å². The van der Waals surface area contributed by atoms with Crippen molar-refractivity contribution >= 4 is 35.1 Å². The molecule has 22 heavy (non-hydrogen) atoms. The average Bonchev–Trinajstić information content (AvgIpc) is 2.97. The summed E-state index contributed by atoms with van der Waals surface area (Å²) in [6, 6.07) is 5.13. The summed E-state index contributed by atoms with van der Waals surface area (Å²) in [6.07, 6.45) is 1.39. The summed E-state index contributed by atoms with van der Waals surface area (Å²) >= 11 is 11.9. The zero-order valence-electron chi connectivity index (χ0n) is 11.9. The predicted molar refractivity (Wildman–Crippen MR) is 83.5 cm³/mol. The lowest BCUT2D eigenvalue weighted by molar-refractivity contribution is -0.141. The number of hydrogen-bond acceptors (Lipinski definition) is 3. The first-order chi connectivity index (χ1) is 10.5. The molecule has 1 fully saturated rings. The van der Waals surface area contributed by atoms with Gasteiger partial charge >= 0.3 is 5.97 Å². The molecule has 1 amide bonds. The monoisotopic (exact) mass is 345 g/mol. The number of amides is 1. The number of ether oxygens (including phenoxy) is 1. The number of carbonyl (C=O) groups is 2. The van der Waals surface area contributed by atoms with Crippen LogP contribution in [-0.2, 0) is 9.59 Å². The minimum atomic E-state index is -0.839. The molecule has 7 heteroatoms. The normalized spacial score (nSPS) is 17.5. The third-order valence-electron chi connectivity index (χ3n) is 3.60. The number of aliphatic carboxylic acids is 1. The molecule has 120 valence electrons. The highest BCUT2D eigenvalue weighted by Crippen LogP contribution is 2.31. The van der Waals surface area contributed by atoms with Crippen molar-refractivity contribution in [1.29, 1.82) is 0 Å². The molecule has 1 atom stereocenters. The van der Waals surface area contributed by atoms with E-state index in [1.165, 1.54) is 0 Å². The third-order valence-corrected chi connectivity index (χ3v) is 4.40. The van der Waals surface area contributed by atoms with Gasteiger partial charge in [-0.25, -0.2) is 0 Å². The van der Waals surface area contributed by atoms with E-state index < -0.39 is 11.9 Å². The highest BCUT2D eigenvalue weighted by Gasteiger charge is 2.30. The first kappa shape index (κ1) is 16.9. The van der Waals surface area contributed by atoms with E-state index in [1.54, 1.807) is 23.1 Å². The number of benzene rings is 1. The molecule has 1 saturated heterocycles. The summed E-state index contributed by atoms with van der Waals surface area (Å²) in [5, 5.41) is 9.70. The highest BCUT2D eigenvalue weighted by molar-refractivity contribution is 6.42. The average molecular weight is 346 g/mol. The number of halogens is 2. The quantitative estimate of drug-likeness (QED) is 0.804. The zero-order valence-corrected chi connectivity index (χ0v) is 13.4. The maximum atomic E-state index is 12.0. The van der Waals surface area contributed by atoms with Crippen molar-refractivity contribution in [3.05, 3.63) is 28.2 Å². The van der Waals surface area contributed by atoms with Crippen molar-refractivity contribution < 1.29 is 19.4 Å². The first-order valence-corrected chi connectivity index (χ1v) is 7.82. The summed E-state index contributed by atoms with van der Waals surface area (Å²) in [4.78, 5) is 24.4. The summed E-state index contributed by atoms with van der Waals surface area (Å²) in [6.45, 7) is 1.16. The number of nitrogens with zero attached hydrogens (tertiary/aromatic N) is 1. The van der Waals surface area contributed by atoms with Crippen LogP contribution < -0.4 is 4.74 Å². The smallest absolute Gasteiger partial charge is 0.308 e.